The second kappa shape index (κ2) is 37.1. The van der Waals surface area contributed by atoms with Gasteiger partial charge in [-0.05, 0) is 287 Å². The van der Waals surface area contributed by atoms with Gasteiger partial charge in [0.1, 0.15) is 52.7 Å². The molecule has 5 aromatic heterocycles. The van der Waals surface area contributed by atoms with E-state index in [1.807, 2.05) is 104 Å². The van der Waals surface area contributed by atoms with Crippen molar-refractivity contribution in [2.45, 2.75) is 145 Å². The van der Waals surface area contributed by atoms with Crippen LogP contribution >= 0.6 is 0 Å². The third-order valence-corrected chi connectivity index (χ3v) is 26.4. The van der Waals surface area contributed by atoms with E-state index >= 15 is 4.39 Å². The smallest absolute Gasteiger partial charge is 0.206 e. The monoisotopic (exact) mass is 1680 g/mol. The summed E-state index contributed by atoms with van der Waals surface area (Å²) in [5, 5.41) is 12.3. The predicted molar refractivity (Wildman–Crippen MR) is 528 cm³/mol. The first-order valence-electron chi connectivity index (χ1n) is 44.2. The molecule has 5 nitrogen and oxygen atoms in total. The number of aromatic nitrogens is 5. The van der Waals surface area contributed by atoms with Crippen LogP contribution in [0, 0.1) is 163 Å². The normalized spacial score (nSPS) is 11.2. The Kier molecular flexibility index (Phi) is 26.3. The first-order chi connectivity index (χ1) is 60.5. The summed E-state index contributed by atoms with van der Waals surface area (Å²) < 4.78 is 55.2. The van der Waals surface area contributed by atoms with Crippen LogP contribution in [0.3, 0.4) is 0 Å². The Labute approximate surface area is 751 Å². The van der Waals surface area contributed by atoms with Crippen LogP contribution in [0.5, 0.6) is 0 Å². The van der Waals surface area contributed by atoms with Gasteiger partial charge in [0.15, 0.2) is 28.5 Å². The van der Waals surface area contributed by atoms with Gasteiger partial charge in [0.25, 0.3) is 0 Å². The highest BCUT2D eigenvalue weighted by molar-refractivity contribution is 5.99. The van der Waals surface area contributed by atoms with E-state index in [9.17, 15) is 8.78 Å². The minimum atomic E-state index is -0.182. The maximum absolute atomic E-state index is 15.0. The van der Waals surface area contributed by atoms with Crippen molar-refractivity contribution in [1.29, 1.82) is 0 Å². The Morgan fingerprint density at radius 3 is 0.929 bits per heavy atom. The number of nitrogens with zero attached hydrogens (tertiary/aromatic N) is 5. The van der Waals surface area contributed by atoms with Gasteiger partial charge in [0, 0.05) is 81.6 Å². The molecule has 5 heterocycles. The highest BCUT2D eigenvalue weighted by Gasteiger charge is 2.29. The number of benzene rings is 13. The second-order valence-electron chi connectivity index (χ2n) is 35.8. The number of pyridine rings is 5. The van der Waals surface area contributed by atoms with Crippen LogP contribution in [0.15, 0.2) is 261 Å². The van der Waals surface area contributed by atoms with Gasteiger partial charge >= 0.3 is 0 Å². The van der Waals surface area contributed by atoms with E-state index in [4.69, 9.17) is 0 Å². The summed E-state index contributed by atoms with van der Waals surface area (Å²) in [5.74, 6) is -0.393. The van der Waals surface area contributed by atoms with Crippen LogP contribution in [0.4, 0.5) is 13.2 Å². The summed E-state index contributed by atoms with van der Waals surface area (Å²) in [6.07, 6.45) is 0. The van der Waals surface area contributed by atoms with Gasteiger partial charge in [0.2, 0.25) is 28.5 Å². The first-order valence-corrected chi connectivity index (χ1v) is 44.2. The van der Waals surface area contributed by atoms with Crippen LogP contribution < -0.4 is 22.8 Å². The van der Waals surface area contributed by atoms with E-state index in [1.165, 1.54) is 161 Å². The van der Waals surface area contributed by atoms with Gasteiger partial charge in [0.05, 0.1) is 43.6 Å². The van der Waals surface area contributed by atoms with Crippen molar-refractivity contribution < 1.29 is 36.0 Å². The van der Waals surface area contributed by atoms with E-state index in [2.05, 4.69) is 354 Å². The van der Waals surface area contributed by atoms with Crippen LogP contribution in [0.2, 0.25) is 0 Å². The summed E-state index contributed by atoms with van der Waals surface area (Å²) in [6.45, 7) is 43.7. The molecule has 0 spiro atoms. The lowest BCUT2D eigenvalue weighted by Crippen LogP contribution is -2.35. The molecule has 0 aliphatic carbocycles. The maximum atomic E-state index is 15.0. The standard InChI is InChI=1S/C27H28N.C25H23FN.C25H24N.2C21H23FN/c1-17-10-12-25-23(14-17)16-21(5)28(6)27(25)24-13-11-22(15-20(24)4)26-18(2)8-7-9-19(26)3;1-16-10-11-21-20(12-16)14-18(3)27(4)25(21)22-15-23(24(26)13-17(22)2)19-8-6-5-7-9-19;1-17-10-12-24-22(14-17)16-19(3)26(4)25(24)23-13-11-21(15-18(23)2)20-8-6-5-7-9-20;1-12-7-8-18-17(9-12)11-14(3)23(6)21(18)19-10-13(2)20(22)16(5)15(19)4;1-12-7-8-18-17(9-12)11-15(4)23(6)21(18)19-16(5)13(2)10-14(3)20(19)22/h7-16H,1-6H3;5-15H,1-4H3;5-16H,1-4H3;2*7-11H,1-6H3/q5*+1. The molecule has 0 saturated heterocycles. The van der Waals surface area contributed by atoms with Crippen molar-refractivity contribution >= 4 is 53.9 Å². The van der Waals surface area contributed by atoms with E-state index in [-0.39, 0.29) is 17.5 Å². The molecule has 0 radical (unpaired) electrons. The van der Waals surface area contributed by atoms with Gasteiger partial charge in [-0.3, -0.25) is 0 Å². The van der Waals surface area contributed by atoms with Gasteiger partial charge in [-0.25, -0.2) is 13.2 Å². The average molecular weight is 1680 g/mol. The zero-order chi connectivity index (χ0) is 91.2. The van der Waals surface area contributed by atoms with Crippen LogP contribution in [0.1, 0.15) is 117 Å². The number of fused-ring (bicyclic) bond motifs is 5. The predicted octanol–water partition coefficient (Wildman–Crippen LogP) is 28.6. The number of hydrogen-bond donors (Lipinski definition) is 0. The molecule has 0 fully saturated rings. The second-order valence-corrected chi connectivity index (χ2v) is 35.8. The number of halogens is 3. The fourth-order valence-electron chi connectivity index (χ4n) is 18.6. The summed E-state index contributed by atoms with van der Waals surface area (Å²) in [4.78, 5) is 0. The van der Waals surface area contributed by atoms with E-state index < -0.39 is 0 Å². The largest absolute Gasteiger partial charge is 0.223 e. The molecule has 638 valence electrons. The molecule has 0 saturated carbocycles. The number of hydrogen-bond acceptors (Lipinski definition) is 0. The third kappa shape index (κ3) is 18.2. The Morgan fingerprint density at radius 1 is 0.189 bits per heavy atom. The first kappa shape index (κ1) is 90.0. The topological polar surface area (TPSA) is 19.4 Å². The van der Waals surface area contributed by atoms with Gasteiger partial charge < -0.3 is 0 Å². The molecular formula is C119H121F3N5+5. The molecule has 0 amide bonds. The molecular weight excluding hydrogens is 1560 g/mol. The Balaban J connectivity index is 0.000000129. The summed E-state index contributed by atoms with van der Waals surface area (Å²) in [5.41, 5.74) is 41.8. The van der Waals surface area contributed by atoms with Crippen molar-refractivity contribution in [1.82, 2.24) is 0 Å². The minimum absolute atomic E-state index is 0.0956. The van der Waals surface area contributed by atoms with Gasteiger partial charge in [-0.2, -0.15) is 22.8 Å². The third-order valence-electron chi connectivity index (χ3n) is 26.4. The van der Waals surface area contributed by atoms with E-state index in [0.717, 1.165) is 83.6 Å². The summed E-state index contributed by atoms with van der Waals surface area (Å²) in [7, 11) is 10.5. The molecule has 18 rings (SSSR count). The fraction of sp³-hybridized carbons (Fsp3) is 0.218. The average Bonchev–Trinajstić information content (AvgIpc) is 0.772. The lowest BCUT2D eigenvalue weighted by atomic mass is 9.91. The molecule has 18 aromatic rings. The van der Waals surface area contributed by atoms with Crippen molar-refractivity contribution in [2.75, 3.05) is 0 Å². The minimum Gasteiger partial charge on any atom is -0.206 e. The Hall–Kier alpha value is -13.3. The van der Waals surface area contributed by atoms with Crippen molar-refractivity contribution in [3.63, 3.8) is 0 Å². The van der Waals surface area contributed by atoms with Crippen molar-refractivity contribution in [3.8, 4) is 89.7 Å². The molecule has 13 aromatic carbocycles. The molecule has 0 aliphatic rings. The van der Waals surface area contributed by atoms with E-state index in [0.29, 0.717) is 16.7 Å². The Bertz CT molecular complexity index is 7350. The van der Waals surface area contributed by atoms with Gasteiger partial charge in [-0.15, -0.1) is 0 Å². The van der Waals surface area contributed by atoms with Crippen LogP contribution in [-0.2, 0) is 35.2 Å². The van der Waals surface area contributed by atoms with Crippen LogP contribution in [-0.4, -0.2) is 0 Å². The zero-order valence-electron chi connectivity index (χ0n) is 79.2. The highest BCUT2D eigenvalue weighted by Crippen LogP contribution is 2.41. The summed E-state index contributed by atoms with van der Waals surface area (Å²) in [6, 6.07) is 92.2. The summed E-state index contributed by atoms with van der Waals surface area (Å²) >= 11 is 0. The lowest BCUT2D eigenvalue weighted by Gasteiger charge is -2.14. The molecule has 0 aliphatic heterocycles. The number of rotatable bonds is 8. The van der Waals surface area contributed by atoms with Crippen molar-refractivity contribution in [3.05, 3.63) is 396 Å². The molecule has 0 bridgehead atoms. The molecule has 8 heteroatoms. The lowest BCUT2D eigenvalue weighted by molar-refractivity contribution is -0.665. The van der Waals surface area contributed by atoms with Crippen molar-refractivity contribution in [2.24, 2.45) is 35.2 Å². The quantitative estimate of drug-likeness (QED) is 0.135. The molecule has 0 unspecified atom stereocenters. The Morgan fingerprint density at radius 2 is 0.528 bits per heavy atom. The zero-order valence-corrected chi connectivity index (χ0v) is 79.2. The molecule has 0 N–H and O–H groups in total. The van der Waals surface area contributed by atoms with Crippen LogP contribution in [0.25, 0.3) is 144 Å². The highest BCUT2D eigenvalue weighted by atomic mass is 19.1. The number of aryl methyl sites for hydroxylation is 18. The fourth-order valence-corrected chi connectivity index (χ4v) is 18.6. The SMILES string of the molecule is Cc1ccc2c(-c3c(C)c(C)cc(C)c3F)[n+](C)c(C)cc2c1.Cc1ccc2c(-c3cc(-c4ccccc4)c(F)cc3C)[n+](C)c(C)cc2c1.Cc1ccc2c(-c3cc(C)c(F)c(C)c3C)[n+](C)c(C)cc2c1.Cc1ccc2c(-c3ccc(-c4c(C)cccc4C)cc3C)[n+](C)c(C)cc2c1.Cc1ccc2c(-c3ccc(-c4ccccc4)cc3C)[n+](C)c(C)cc2c1. The van der Waals surface area contributed by atoms with Gasteiger partial charge in [-0.1, -0.05) is 198 Å². The molecule has 127 heavy (non-hydrogen) atoms. The maximum Gasteiger partial charge on any atom is 0.223 e. The van der Waals surface area contributed by atoms with E-state index in [1.54, 1.807) is 6.07 Å². The molecule has 0 atom stereocenters.